The number of carboxylic acid groups (broad SMARTS) is 2. The highest BCUT2D eigenvalue weighted by molar-refractivity contribution is 7.99. The molecule has 0 bridgehead atoms. The van der Waals surface area contributed by atoms with E-state index < -0.39 is 18.2 Å². The fourth-order valence-corrected chi connectivity index (χ4v) is 6.53. The summed E-state index contributed by atoms with van der Waals surface area (Å²) < 4.78 is 13.2. The summed E-state index contributed by atoms with van der Waals surface area (Å²) in [5, 5.41) is 31.2. The highest BCUT2D eigenvalue weighted by atomic mass is 32.2. The number of hydrogen-bond acceptors (Lipinski definition) is 8. The van der Waals surface area contributed by atoms with Gasteiger partial charge in [-0.1, -0.05) is 67.6 Å². The van der Waals surface area contributed by atoms with Gasteiger partial charge in [-0.25, -0.2) is 9.78 Å². The predicted molar refractivity (Wildman–Crippen MR) is 175 cm³/mol. The molecule has 4 atom stereocenters. The third-order valence-electron chi connectivity index (χ3n) is 7.98. The van der Waals surface area contributed by atoms with Crippen molar-refractivity contribution in [1.82, 2.24) is 10.3 Å². The van der Waals surface area contributed by atoms with Crippen LogP contribution in [0.4, 0.5) is 0 Å². The third kappa shape index (κ3) is 8.83. The Morgan fingerprint density at radius 3 is 2.32 bits per heavy atom. The molecule has 3 aromatic carbocycles. The molecule has 47 heavy (non-hydrogen) atoms. The molecule has 1 aromatic heterocycles. The number of ether oxygens (including phenoxy) is 2. The van der Waals surface area contributed by atoms with Gasteiger partial charge in [0.2, 0.25) is 5.91 Å². The van der Waals surface area contributed by atoms with Gasteiger partial charge in [0.1, 0.15) is 5.03 Å². The summed E-state index contributed by atoms with van der Waals surface area (Å²) in [5.41, 5.74) is 5.39. The summed E-state index contributed by atoms with van der Waals surface area (Å²) in [4.78, 5) is 38.9. The number of aliphatic carboxylic acids is 1. The second kappa shape index (κ2) is 15.8. The molecule has 1 amide bonds. The molecule has 10 nitrogen and oxygen atoms in total. The first kappa shape index (κ1) is 33.8. The van der Waals surface area contributed by atoms with E-state index in [4.69, 9.17) is 14.6 Å². The van der Waals surface area contributed by atoms with Crippen molar-refractivity contribution in [2.75, 3.05) is 5.75 Å². The fraction of sp³-hybridized carbons (Fsp3) is 0.278. The van der Waals surface area contributed by atoms with Gasteiger partial charge in [-0.05, 0) is 52.1 Å². The Hall–Kier alpha value is -4.55. The van der Waals surface area contributed by atoms with E-state index in [2.05, 4.69) is 10.3 Å². The lowest BCUT2D eigenvalue weighted by molar-refractivity contribution is -0.268. The van der Waals surface area contributed by atoms with Gasteiger partial charge in [0.15, 0.2) is 6.29 Å². The van der Waals surface area contributed by atoms with Gasteiger partial charge in [-0.15, -0.1) is 11.8 Å². The molecule has 1 aliphatic heterocycles. The molecule has 4 aromatic rings. The van der Waals surface area contributed by atoms with Crippen LogP contribution in [0.15, 0.2) is 96.2 Å². The van der Waals surface area contributed by atoms with Crippen LogP contribution in [-0.4, -0.2) is 50.0 Å². The Morgan fingerprint density at radius 2 is 1.60 bits per heavy atom. The first-order valence-corrected chi connectivity index (χ1v) is 16.2. The van der Waals surface area contributed by atoms with Gasteiger partial charge in [-0.2, -0.15) is 0 Å². The van der Waals surface area contributed by atoms with E-state index in [0.717, 1.165) is 33.4 Å². The van der Waals surface area contributed by atoms with Crippen LogP contribution < -0.4 is 5.32 Å². The molecule has 2 heterocycles. The maximum Gasteiger partial charge on any atom is 0.338 e. The number of aromatic carboxylic acids is 1. The van der Waals surface area contributed by atoms with Crippen molar-refractivity contribution in [1.29, 1.82) is 0 Å². The number of carboxylic acids is 2. The zero-order valence-corrected chi connectivity index (χ0v) is 26.6. The molecule has 1 aliphatic rings. The SMILES string of the molecule is C[C@@H]1[C@H](CSc2ncccc2C(=O)O)O[C@H](c2cccc(-c3cccc(CNC(=O)CCC(=O)O)c3)c2)O[C@@H]1c1ccc(CO)cc1. The Labute approximate surface area is 276 Å². The summed E-state index contributed by atoms with van der Waals surface area (Å²) in [6, 6.07) is 26.4. The maximum atomic E-state index is 12.0. The topological polar surface area (TPSA) is 155 Å². The van der Waals surface area contributed by atoms with Gasteiger partial charge < -0.3 is 30.1 Å². The number of nitrogens with zero attached hydrogens (tertiary/aromatic N) is 1. The molecular weight excluding hydrogens is 620 g/mol. The molecule has 5 rings (SSSR count). The molecule has 0 saturated carbocycles. The van der Waals surface area contributed by atoms with E-state index >= 15 is 0 Å². The first-order valence-electron chi connectivity index (χ1n) is 15.2. The molecule has 1 saturated heterocycles. The molecule has 0 unspecified atom stereocenters. The normalized spacial score (nSPS) is 19.2. The lowest BCUT2D eigenvalue weighted by Gasteiger charge is -2.41. The maximum absolute atomic E-state index is 12.0. The van der Waals surface area contributed by atoms with Gasteiger partial charge in [0.05, 0.1) is 30.8 Å². The van der Waals surface area contributed by atoms with Crippen LogP contribution in [0.3, 0.4) is 0 Å². The minimum atomic E-state index is -1.04. The minimum absolute atomic E-state index is 0.0621. The average Bonchev–Trinajstić information content (AvgIpc) is 3.09. The van der Waals surface area contributed by atoms with Gasteiger partial charge in [0.25, 0.3) is 0 Å². The molecule has 0 aliphatic carbocycles. The average molecular weight is 657 g/mol. The van der Waals surface area contributed by atoms with E-state index in [-0.39, 0.29) is 55.6 Å². The van der Waals surface area contributed by atoms with E-state index in [1.165, 1.54) is 17.8 Å². The number of carbonyl (C=O) groups excluding carboxylic acids is 1. The number of pyridine rings is 1. The quantitative estimate of drug-likeness (QED) is 0.126. The summed E-state index contributed by atoms with van der Waals surface area (Å²) in [6.45, 7) is 2.26. The fourth-order valence-electron chi connectivity index (χ4n) is 5.37. The van der Waals surface area contributed by atoms with Crippen LogP contribution in [0.25, 0.3) is 11.1 Å². The monoisotopic (exact) mass is 656 g/mol. The summed E-state index contributed by atoms with van der Waals surface area (Å²) in [5.74, 6) is -2.03. The highest BCUT2D eigenvalue weighted by Gasteiger charge is 2.38. The largest absolute Gasteiger partial charge is 0.481 e. The second-order valence-electron chi connectivity index (χ2n) is 11.3. The van der Waals surface area contributed by atoms with Crippen LogP contribution in [0.2, 0.25) is 0 Å². The van der Waals surface area contributed by atoms with Gasteiger partial charge in [-0.3, -0.25) is 9.59 Å². The van der Waals surface area contributed by atoms with Crippen molar-refractivity contribution >= 4 is 29.6 Å². The lowest BCUT2D eigenvalue weighted by Crippen LogP contribution is -2.38. The van der Waals surface area contributed by atoms with Crippen molar-refractivity contribution < 1.29 is 39.2 Å². The van der Waals surface area contributed by atoms with E-state index in [1.54, 1.807) is 12.3 Å². The molecule has 1 fully saturated rings. The summed E-state index contributed by atoms with van der Waals surface area (Å²) in [6.07, 6.45) is -0.104. The summed E-state index contributed by atoms with van der Waals surface area (Å²) >= 11 is 1.33. The zero-order chi connectivity index (χ0) is 33.3. The lowest BCUT2D eigenvalue weighted by atomic mass is 9.91. The standard InChI is InChI=1S/C36H36N2O8S/c1-22-30(21-47-34-29(35(43)44)9-4-16-37-34)45-36(46-33(22)25-12-10-23(20-39)11-13-25)28-8-3-7-27(18-28)26-6-2-5-24(17-26)19-38-31(40)14-15-32(41)42/h2-13,16-18,22,30,33,36,39H,14-15,19-21H2,1H3,(H,38,40)(H,41,42)(H,43,44)/t22-,30+,33+,36+/m1/s1. The van der Waals surface area contributed by atoms with Crippen molar-refractivity contribution in [3.05, 3.63) is 119 Å². The van der Waals surface area contributed by atoms with Gasteiger partial charge >= 0.3 is 11.9 Å². The van der Waals surface area contributed by atoms with Gasteiger partial charge in [0, 0.05) is 36.4 Å². The molecule has 0 radical (unpaired) electrons. The first-order chi connectivity index (χ1) is 22.7. The Morgan fingerprint density at radius 1 is 0.851 bits per heavy atom. The van der Waals surface area contributed by atoms with Crippen molar-refractivity contribution in [3.63, 3.8) is 0 Å². The predicted octanol–water partition coefficient (Wildman–Crippen LogP) is 6.00. The number of nitrogens with one attached hydrogen (secondary N) is 1. The molecule has 11 heteroatoms. The smallest absolute Gasteiger partial charge is 0.338 e. The number of aromatic nitrogens is 1. The Balaban J connectivity index is 1.38. The third-order valence-corrected chi connectivity index (χ3v) is 9.08. The number of benzene rings is 3. The van der Waals surface area contributed by atoms with Crippen LogP contribution in [-0.2, 0) is 32.2 Å². The van der Waals surface area contributed by atoms with Crippen molar-refractivity contribution in [2.45, 2.75) is 56.4 Å². The summed E-state index contributed by atoms with van der Waals surface area (Å²) in [7, 11) is 0. The van der Waals surface area contributed by atoms with Crippen molar-refractivity contribution in [2.24, 2.45) is 5.92 Å². The number of aliphatic hydroxyl groups is 1. The number of rotatable bonds is 13. The highest BCUT2D eigenvalue weighted by Crippen LogP contribution is 2.43. The van der Waals surface area contributed by atoms with Crippen LogP contribution >= 0.6 is 11.8 Å². The Bertz CT molecular complexity index is 1710. The van der Waals surface area contributed by atoms with E-state index in [9.17, 15) is 24.6 Å². The van der Waals surface area contributed by atoms with Crippen LogP contribution in [0, 0.1) is 5.92 Å². The van der Waals surface area contributed by atoms with Crippen LogP contribution in [0.5, 0.6) is 0 Å². The molecule has 244 valence electrons. The number of aliphatic hydroxyl groups excluding tert-OH is 1. The Kier molecular flexibility index (Phi) is 11.4. The molecular formula is C36H36N2O8S. The number of thioether (sulfide) groups is 1. The number of amides is 1. The minimum Gasteiger partial charge on any atom is -0.481 e. The number of hydrogen-bond donors (Lipinski definition) is 4. The molecule has 0 spiro atoms. The van der Waals surface area contributed by atoms with E-state index in [0.29, 0.717) is 10.8 Å². The van der Waals surface area contributed by atoms with Crippen LogP contribution in [0.1, 0.15) is 64.8 Å². The van der Waals surface area contributed by atoms with Crippen molar-refractivity contribution in [3.8, 4) is 11.1 Å². The van der Waals surface area contributed by atoms with E-state index in [1.807, 2.05) is 79.7 Å². The number of carbonyl (C=O) groups is 3. The molecule has 4 N–H and O–H groups in total. The zero-order valence-electron chi connectivity index (χ0n) is 25.7. The second-order valence-corrected chi connectivity index (χ2v) is 12.3.